The van der Waals surface area contributed by atoms with Crippen molar-refractivity contribution in [3.8, 4) is 5.75 Å². The third-order valence-electron chi connectivity index (χ3n) is 3.36. The standard InChI is InChI=1S/C15H21ClN2O4S2.ClH/c1-24(20,21)7-5-22-14-3-2-11(16)8-13(14)18-15(19)9-12-10-23-6-4-17-12;/h2-3,8,12,17H,4-7,9-10H2,1H3,(H,18,19);1H. The summed E-state index contributed by atoms with van der Waals surface area (Å²) in [7, 11) is -3.11. The van der Waals surface area contributed by atoms with Gasteiger partial charge in [-0.05, 0) is 18.2 Å². The molecule has 142 valence electrons. The van der Waals surface area contributed by atoms with Crippen LogP contribution in [0, 0.1) is 0 Å². The van der Waals surface area contributed by atoms with Gasteiger partial charge in [0.15, 0.2) is 9.84 Å². The van der Waals surface area contributed by atoms with Crippen LogP contribution >= 0.6 is 35.8 Å². The van der Waals surface area contributed by atoms with Gasteiger partial charge in [-0.1, -0.05) is 11.6 Å². The van der Waals surface area contributed by atoms with Crippen molar-refractivity contribution in [3.05, 3.63) is 23.2 Å². The van der Waals surface area contributed by atoms with Crippen LogP contribution in [-0.2, 0) is 14.6 Å². The summed E-state index contributed by atoms with van der Waals surface area (Å²) in [5.41, 5.74) is 0.449. The van der Waals surface area contributed by atoms with Crippen molar-refractivity contribution in [1.29, 1.82) is 0 Å². The van der Waals surface area contributed by atoms with Crippen molar-refractivity contribution in [2.45, 2.75) is 12.5 Å². The molecule has 1 heterocycles. The third-order valence-corrected chi connectivity index (χ3v) is 5.63. The molecule has 1 aliphatic heterocycles. The van der Waals surface area contributed by atoms with E-state index in [2.05, 4.69) is 10.6 Å². The van der Waals surface area contributed by atoms with Gasteiger partial charge in [-0.15, -0.1) is 12.4 Å². The van der Waals surface area contributed by atoms with Gasteiger partial charge >= 0.3 is 0 Å². The highest BCUT2D eigenvalue weighted by molar-refractivity contribution is 7.99. The minimum atomic E-state index is -3.11. The largest absolute Gasteiger partial charge is 0.490 e. The maximum absolute atomic E-state index is 12.2. The number of hydrogen-bond donors (Lipinski definition) is 2. The zero-order chi connectivity index (χ0) is 17.6. The number of benzene rings is 1. The Balaban J connectivity index is 0.00000312. The van der Waals surface area contributed by atoms with Crippen molar-refractivity contribution in [1.82, 2.24) is 5.32 Å². The Labute approximate surface area is 163 Å². The molecule has 1 fully saturated rings. The third kappa shape index (κ3) is 8.50. The molecule has 10 heteroatoms. The van der Waals surface area contributed by atoms with E-state index in [1.807, 2.05) is 11.8 Å². The lowest BCUT2D eigenvalue weighted by Gasteiger charge is -2.22. The summed E-state index contributed by atoms with van der Waals surface area (Å²) >= 11 is 7.81. The molecule has 1 amide bonds. The Hall–Kier alpha value is -0.670. The Morgan fingerprint density at radius 2 is 2.24 bits per heavy atom. The number of carbonyl (C=O) groups is 1. The number of ether oxygens (including phenoxy) is 1. The molecular formula is C15H22Cl2N2O4S2. The van der Waals surface area contributed by atoms with Crippen LogP contribution in [0.2, 0.25) is 5.02 Å². The number of amides is 1. The normalized spacial score (nSPS) is 17.4. The molecule has 0 radical (unpaired) electrons. The predicted molar refractivity (Wildman–Crippen MR) is 106 cm³/mol. The molecule has 0 saturated carbocycles. The first-order chi connectivity index (χ1) is 11.3. The highest BCUT2D eigenvalue weighted by atomic mass is 35.5. The summed E-state index contributed by atoms with van der Waals surface area (Å²) in [6.07, 6.45) is 1.51. The zero-order valence-corrected chi connectivity index (χ0v) is 17.0. The first kappa shape index (κ1) is 22.4. The second-order valence-corrected chi connectivity index (χ2v) is 9.44. The Morgan fingerprint density at radius 1 is 1.48 bits per heavy atom. The molecule has 2 rings (SSSR count). The molecule has 1 aromatic carbocycles. The van der Waals surface area contributed by atoms with Crippen molar-refractivity contribution in [3.63, 3.8) is 0 Å². The van der Waals surface area contributed by atoms with Gasteiger partial charge in [0.05, 0.1) is 11.4 Å². The van der Waals surface area contributed by atoms with Crippen molar-refractivity contribution in [2.75, 3.05) is 42.0 Å². The number of sulfone groups is 1. The van der Waals surface area contributed by atoms with Gasteiger partial charge in [0.2, 0.25) is 5.91 Å². The summed E-state index contributed by atoms with van der Waals surface area (Å²) in [6, 6.07) is 5.00. The number of rotatable bonds is 7. The molecule has 25 heavy (non-hydrogen) atoms. The fourth-order valence-corrected chi connectivity index (χ4v) is 3.71. The smallest absolute Gasteiger partial charge is 0.226 e. The van der Waals surface area contributed by atoms with Gasteiger partial charge in [-0.2, -0.15) is 11.8 Å². The van der Waals surface area contributed by atoms with E-state index >= 15 is 0 Å². The van der Waals surface area contributed by atoms with Crippen LogP contribution in [0.3, 0.4) is 0 Å². The van der Waals surface area contributed by atoms with Gasteiger partial charge in [-0.3, -0.25) is 4.79 Å². The first-order valence-electron chi connectivity index (χ1n) is 7.54. The van der Waals surface area contributed by atoms with E-state index in [9.17, 15) is 13.2 Å². The Bertz CT molecular complexity index is 680. The van der Waals surface area contributed by atoms with E-state index in [0.717, 1.165) is 24.3 Å². The minimum absolute atomic E-state index is 0. The summed E-state index contributed by atoms with van der Waals surface area (Å²) in [5.74, 6) is 2.14. The highest BCUT2D eigenvalue weighted by Crippen LogP contribution is 2.28. The molecule has 1 saturated heterocycles. The van der Waals surface area contributed by atoms with E-state index < -0.39 is 9.84 Å². The average molecular weight is 429 g/mol. The molecule has 0 aromatic heterocycles. The summed E-state index contributed by atoms with van der Waals surface area (Å²) in [4.78, 5) is 12.2. The number of halogens is 2. The van der Waals surface area contributed by atoms with Crippen LogP contribution in [0.4, 0.5) is 5.69 Å². The zero-order valence-electron chi connectivity index (χ0n) is 13.8. The fraction of sp³-hybridized carbons (Fsp3) is 0.533. The summed E-state index contributed by atoms with van der Waals surface area (Å²) < 4.78 is 27.8. The molecule has 2 N–H and O–H groups in total. The monoisotopic (exact) mass is 428 g/mol. The lowest BCUT2D eigenvalue weighted by Crippen LogP contribution is -2.39. The van der Waals surface area contributed by atoms with Crippen LogP contribution in [0.25, 0.3) is 0 Å². The molecule has 0 aliphatic carbocycles. The minimum Gasteiger partial charge on any atom is -0.490 e. The van der Waals surface area contributed by atoms with Gasteiger partial charge in [-0.25, -0.2) is 8.42 Å². The van der Waals surface area contributed by atoms with Gasteiger partial charge in [0.1, 0.15) is 12.4 Å². The van der Waals surface area contributed by atoms with Crippen molar-refractivity contribution < 1.29 is 17.9 Å². The number of hydrogen-bond acceptors (Lipinski definition) is 6. The summed E-state index contributed by atoms with van der Waals surface area (Å²) in [5, 5.41) is 6.57. The second kappa shape index (κ2) is 10.5. The van der Waals surface area contributed by atoms with Crippen LogP contribution < -0.4 is 15.4 Å². The Morgan fingerprint density at radius 3 is 2.88 bits per heavy atom. The van der Waals surface area contributed by atoms with E-state index in [0.29, 0.717) is 22.9 Å². The molecule has 1 aromatic rings. The lowest BCUT2D eigenvalue weighted by atomic mass is 10.2. The maximum Gasteiger partial charge on any atom is 0.226 e. The maximum atomic E-state index is 12.2. The Kier molecular flexibility index (Phi) is 9.37. The van der Waals surface area contributed by atoms with Crippen LogP contribution in [-0.4, -0.2) is 57.0 Å². The molecule has 1 atom stereocenters. The molecule has 1 aliphatic rings. The number of thioether (sulfide) groups is 1. The van der Waals surface area contributed by atoms with Crippen LogP contribution in [0.15, 0.2) is 18.2 Å². The quantitative estimate of drug-likeness (QED) is 0.692. The number of nitrogens with one attached hydrogen (secondary N) is 2. The average Bonchev–Trinajstić information content (AvgIpc) is 2.49. The predicted octanol–water partition coefficient (Wildman–Crippen LogP) is 2.22. The van der Waals surface area contributed by atoms with Crippen molar-refractivity contribution >= 4 is 57.2 Å². The highest BCUT2D eigenvalue weighted by Gasteiger charge is 2.18. The number of anilines is 1. The molecule has 0 spiro atoms. The van der Waals surface area contributed by atoms with E-state index in [1.54, 1.807) is 18.2 Å². The fourth-order valence-electron chi connectivity index (χ4n) is 2.20. The lowest BCUT2D eigenvalue weighted by molar-refractivity contribution is -0.116. The molecule has 0 bridgehead atoms. The second-order valence-electron chi connectivity index (χ2n) is 5.60. The van der Waals surface area contributed by atoms with Crippen LogP contribution in [0.5, 0.6) is 5.75 Å². The molecular weight excluding hydrogens is 407 g/mol. The van der Waals surface area contributed by atoms with Gasteiger partial charge < -0.3 is 15.4 Å². The van der Waals surface area contributed by atoms with Crippen molar-refractivity contribution in [2.24, 2.45) is 0 Å². The molecule has 1 unspecified atom stereocenters. The summed E-state index contributed by atoms with van der Waals surface area (Å²) in [6.45, 7) is 0.920. The first-order valence-corrected chi connectivity index (χ1v) is 11.1. The van der Waals surface area contributed by atoms with Gasteiger partial charge in [0.25, 0.3) is 0 Å². The topological polar surface area (TPSA) is 84.5 Å². The van der Waals surface area contributed by atoms with E-state index in [4.69, 9.17) is 16.3 Å². The van der Waals surface area contributed by atoms with E-state index in [-0.39, 0.29) is 36.7 Å². The SMILES string of the molecule is CS(=O)(=O)CCOc1ccc(Cl)cc1NC(=O)CC1CSCCN1.Cl. The van der Waals surface area contributed by atoms with Crippen LogP contribution in [0.1, 0.15) is 6.42 Å². The molecule has 6 nitrogen and oxygen atoms in total. The number of carbonyl (C=O) groups excluding carboxylic acids is 1. The van der Waals surface area contributed by atoms with E-state index in [1.165, 1.54) is 0 Å². The van der Waals surface area contributed by atoms with Gasteiger partial charge in [0, 0.05) is 41.8 Å².